The molecule has 20 heavy (non-hydrogen) atoms. The van der Waals surface area contributed by atoms with Crippen LogP contribution in [0.25, 0.3) is 10.6 Å². The molecule has 0 radical (unpaired) electrons. The Morgan fingerprint density at radius 3 is 2.85 bits per heavy atom. The summed E-state index contributed by atoms with van der Waals surface area (Å²) in [6.45, 7) is 7.01. The van der Waals surface area contributed by atoms with Crippen LogP contribution in [0.5, 0.6) is 0 Å². The molecule has 0 bridgehead atoms. The fourth-order valence-corrected chi connectivity index (χ4v) is 4.05. The van der Waals surface area contributed by atoms with E-state index >= 15 is 0 Å². The molecule has 0 fully saturated rings. The summed E-state index contributed by atoms with van der Waals surface area (Å²) in [6, 6.07) is 3.93. The zero-order valence-electron chi connectivity index (χ0n) is 12.3. The van der Waals surface area contributed by atoms with Gasteiger partial charge in [0.25, 0.3) is 0 Å². The molecule has 1 atom stereocenters. The second-order valence-electron chi connectivity index (χ2n) is 6.63. The normalized spacial score (nSPS) is 18.9. The number of nitrogens with zero attached hydrogens (tertiary/aromatic N) is 2. The van der Waals surface area contributed by atoms with Crippen molar-refractivity contribution in [3.8, 4) is 10.6 Å². The van der Waals surface area contributed by atoms with E-state index in [0.29, 0.717) is 11.2 Å². The van der Waals surface area contributed by atoms with Gasteiger partial charge in [-0.1, -0.05) is 20.8 Å². The molecular formula is C16H21N3S. The molecule has 2 N–H and O–H groups in total. The van der Waals surface area contributed by atoms with Crippen molar-refractivity contribution in [2.45, 2.75) is 40.0 Å². The Bertz CT molecular complexity index is 625. The number of anilines is 1. The topological polar surface area (TPSA) is 51.8 Å². The van der Waals surface area contributed by atoms with Crippen molar-refractivity contribution in [3.05, 3.63) is 28.9 Å². The van der Waals surface area contributed by atoms with Crippen molar-refractivity contribution in [2.75, 3.05) is 5.73 Å². The monoisotopic (exact) mass is 287 g/mol. The molecule has 0 spiro atoms. The fourth-order valence-electron chi connectivity index (χ4n) is 2.83. The van der Waals surface area contributed by atoms with Crippen LogP contribution in [0.15, 0.2) is 18.3 Å². The van der Waals surface area contributed by atoms with Gasteiger partial charge in [0.15, 0.2) is 0 Å². The highest BCUT2D eigenvalue weighted by Gasteiger charge is 2.30. The van der Waals surface area contributed by atoms with Gasteiger partial charge in [0.1, 0.15) is 10.8 Å². The zero-order chi connectivity index (χ0) is 14.3. The highest BCUT2D eigenvalue weighted by Crippen LogP contribution is 2.41. The van der Waals surface area contributed by atoms with Gasteiger partial charge in [0.05, 0.1) is 11.3 Å². The number of nitrogens with two attached hydrogens (primary N) is 1. The van der Waals surface area contributed by atoms with Gasteiger partial charge >= 0.3 is 0 Å². The summed E-state index contributed by atoms with van der Waals surface area (Å²) in [5, 5.41) is 1.02. The summed E-state index contributed by atoms with van der Waals surface area (Å²) < 4.78 is 0. The molecule has 1 aliphatic rings. The maximum absolute atomic E-state index is 5.96. The van der Waals surface area contributed by atoms with Crippen LogP contribution in [-0.2, 0) is 12.8 Å². The van der Waals surface area contributed by atoms with Crippen LogP contribution < -0.4 is 5.73 Å². The third-order valence-corrected chi connectivity index (χ3v) is 5.39. The number of thiazole rings is 1. The number of aromatic nitrogens is 2. The maximum atomic E-state index is 5.96. The molecule has 0 saturated heterocycles. The van der Waals surface area contributed by atoms with Crippen molar-refractivity contribution in [2.24, 2.45) is 11.3 Å². The van der Waals surface area contributed by atoms with Crippen LogP contribution in [0.4, 0.5) is 5.82 Å². The Labute approximate surface area is 124 Å². The van der Waals surface area contributed by atoms with Crippen LogP contribution in [0.1, 0.15) is 37.8 Å². The lowest BCUT2D eigenvalue weighted by atomic mass is 9.73. The van der Waals surface area contributed by atoms with Gasteiger partial charge in [0.2, 0.25) is 0 Å². The number of rotatable bonds is 1. The zero-order valence-corrected chi connectivity index (χ0v) is 13.1. The number of aryl methyl sites for hydroxylation is 1. The molecule has 4 heteroatoms. The number of pyridine rings is 1. The predicted octanol–water partition coefficient (Wildman–Crippen LogP) is 3.94. The van der Waals surface area contributed by atoms with E-state index in [1.807, 2.05) is 12.1 Å². The molecule has 2 aromatic heterocycles. The van der Waals surface area contributed by atoms with Crippen LogP contribution >= 0.6 is 11.3 Å². The fraction of sp³-hybridized carbons (Fsp3) is 0.500. The minimum atomic E-state index is 0.370. The summed E-state index contributed by atoms with van der Waals surface area (Å²) >= 11 is 1.79. The number of hydrogen-bond acceptors (Lipinski definition) is 4. The van der Waals surface area contributed by atoms with Gasteiger partial charge < -0.3 is 5.73 Å². The summed E-state index contributed by atoms with van der Waals surface area (Å²) in [5.41, 5.74) is 8.58. The largest absolute Gasteiger partial charge is 0.383 e. The molecule has 0 aliphatic heterocycles. The van der Waals surface area contributed by atoms with E-state index in [4.69, 9.17) is 10.7 Å². The molecule has 1 aliphatic carbocycles. The maximum Gasteiger partial charge on any atom is 0.133 e. The smallest absolute Gasteiger partial charge is 0.133 e. The van der Waals surface area contributed by atoms with Gasteiger partial charge in [-0.3, -0.25) is 0 Å². The van der Waals surface area contributed by atoms with Crippen molar-refractivity contribution in [1.82, 2.24) is 9.97 Å². The molecule has 2 aromatic rings. The standard InChI is InChI=1S/C16H21N3S/c1-16(2,3)10-6-7-12-13(9-10)20-15(19-12)11-5-4-8-18-14(11)17/h4-5,8,10H,6-7,9H2,1-3H3,(H2,17,18). The predicted molar refractivity (Wildman–Crippen MR) is 84.7 cm³/mol. The van der Waals surface area contributed by atoms with E-state index < -0.39 is 0 Å². The third-order valence-electron chi connectivity index (χ3n) is 4.23. The molecule has 0 aromatic carbocycles. The van der Waals surface area contributed by atoms with E-state index in [1.165, 1.54) is 17.0 Å². The quantitative estimate of drug-likeness (QED) is 0.864. The van der Waals surface area contributed by atoms with E-state index in [9.17, 15) is 0 Å². The lowest BCUT2D eigenvalue weighted by molar-refractivity contribution is 0.217. The van der Waals surface area contributed by atoms with Crippen LogP contribution in [0.2, 0.25) is 0 Å². The Morgan fingerprint density at radius 1 is 1.35 bits per heavy atom. The Hall–Kier alpha value is -1.42. The summed E-state index contributed by atoms with van der Waals surface area (Å²) in [7, 11) is 0. The van der Waals surface area contributed by atoms with E-state index in [1.54, 1.807) is 17.5 Å². The van der Waals surface area contributed by atoms with E-state index in [2.05, 4.69) is 25.8 Å². The minimum absolute atomic E-state index is 0.370. The number of hydrogen-bond donors (Lipinski definition) is 1. The van der Waals surface area contributed by atoms with Gasteiger partial charge in [0, 0.05) is 11.1 Å². The SMILES string of the molecule is CC(C)(C)C1CCc2nc(-c3cccnc3N)sc2C1. The minimum Gasteiger partial charge on any atom is -0.383 e. The van der Waals surface area contributed by atoms with Gasteiger partial charge in [-0.15, -0.1) is 11.3 Å². The average molecular weight is 287 g/mol. The first-order valence-corrected chi connectivity index (χ1v) is 7.96. The van der Waals surface area contributed by atoms with Gasteiger partial charge in [-0.25, -0.2) is 9.97 Å². The highest BCUT2D eigenvalue weighted by molar-refractivity contribution is 7.15. The van der Waals surface area contributed by atoms with Crippen LogP contribution in [-0.4, -0.2) is 9.97 Å². The Balaban J connectivity index is 1.93. The van der Waals surface area contributed by atoms with Crippen molar-refractivity contribution < 1.29 is 0 Å². The summed E-state index contributed by atoms with van der Waals surface area (Å²) in [4.78, 5) is 10.4. The Morgan fingerprint density at radius 2 is 2.15 bits per heavy atom. The second kappa shape index (κ2) is 4.85. The first kappa shape index (κ1) is 13.6. The Kier molecular flexibility index (Phi) is 3.28. The van der Waals surface area contributed by atoms with Crippen molar-refractivity contribution in [1.29, 1.82) is 0 Å². The molecular weight excluding hydrogens is 266 g/mol. The van der Waals surface area contributed by atoms with E-state index in [-0.39, 0.29) is 0 Å². The van der Waals surface area contributed by atoms with Gasteiger partial charge in [-0.05, 0) is 42.7 Å². The summed E-state index contributed by atoms with van der Waals surface area (Å²) in [5.74, 6) is 1.32. The highest BCUT2D eigenvalue weighted by atomic mass is 32.1. The molecule has 106 valence electrons. The molecule has 2 heterocycles. The number of fused-ring (bicyclic) bond motifs is 1. The molecule has 3 nitrogen and oxygen atoms in total. The van der Waals surface area contributed by atoms with Crippen LogP contribution in [0, 0.1) is 11.3 Å². The van der Waals surface area contributed by atoms with Crippen LogP contribution in [0.3, 0.4) is 0 Å². The van der Waals surface area contributed by atoms with Crippen molar-refractivity contribution >= 4 is 17.2 Å². The first-order chi connectivity index (χ1) is 9.45. The molecule has 3 rings (SSSR count). The van der Waals surface area contributed by atoms with E-state index in [0.717, 1.165) is 29.3 Å². The third kappa shape index (κ3) is 2.44. The summed E-state index contributed by atoms with van der Waals surface area (Å²) in [6.07, 6.45) is 5.20. The van der Waals surface area contributed by atoms with Gasteiger partial charge in [-0.2, -0.15) is 0 Å². The average Bonchev–Trinajstić information content (AvgIpc) is 2.80. The lowest BCUT2D eigenvalue weighted by Crippen LogP contribution is -2.26. The molecule has 0 saturated carbocycles. The molecule has 0 amide bonds. The van der Waals surface area contributed by atoms with Crippen molar-refractivity contribution in [3.63, 3.8) is 0 Å². The second-order valence-corrected chi connectivity index (χ2v) is 7.71. The lowest BCUT2D eigenvalue weighted by Gasteiger charge is -2.33. The number of nitrogen functional groups attached to an aromatic ring is 1. The molecule has 1 unspecified atom stereocenters. The first-order valence-electron chi connectivity index (χ1n) is 7.14.